The van der Waals surface area contributed by atoms with Crippen molar-refractivity contribution in [2.75, 3.05) is 13.2 Å². The Morgan fingerprint density at radius 2 is 2.03 bits per heavy atom. The van der Waals surface area contributed by atoms with Crippen LogP contribution in [0.15, 0.2) is 24.3 Å². The number of carboxylic acids is 1. The van der Waals surface area contributed by atoms with E-state index in [9.17, 15) is 19.1 Å². The van der Waals surface area contributed by atoms with Gasteiger partial charge in [-0.2, -0.15) is 0 Å². The quantitative estimate of drug-likeness (QED) is 0.373. The Hall–Kier alpha value is -3.31. The first-order valence-electron chi connectivity index (χ1n) is 11.7. The number of fused-ring (bicyclic) bond motifs is 1. The molecule has 34 heavy (non-hydrogen) atoms. The lowest BCUT2D eigenvalue weighted by Crippen LogP contribution is -2.42. The van der Waals surface area contributed by atoms with E-state index < -0.39 is 23.7 Å². The fraction of sp³-hybridized carbons (Fsp3) is 0.462. The van der Waals surface area contributed by atoms with Crippen LogP contribution in [0.25, 0.3) is 4.85 Å². The van der Waals surface area contributed by atoms with E-state index in [0.717, 1.165) is 43.9 Å². The van der Waals surface area contributed by atoms with Crippen molar-refractivity contribution in [1.29, 1.82) is 0 Å². The number of hydrogen-bond acceptors (Lipinski definition) is 4. The molecule has 1 aliphatic carbocycles. The van der Waals surface area contributed by atoms with Crippen LogP contribution in [0, 0.1) is 19.3 Å². The van der Waals surface area contributed by atoms with Crippen molar-refractivity contribution in [2.45, 2.75) is 64.3 Å². The number of hydrogen-bond donors (Lipinski definition) is 2. The number of aliphatic carboxylic acids is 1. The SMILES string of the molecule is [C-]#[N+]c1cc(C)c(C(=O)NC(CCOCCCCc2ccc3c(n2)CCCC3)C(=O)O)c(F)c1. The number of aromatic nitrogens is 1. The van der Waals surface area contributed by atoms with Crippen LogP contribution < -0.4 is 5.32 Å². The molecule has 1 unspecified atom stereocenters. The molecule has 0 bridgehead atoms. The van der Waals surface area contributed by atoms with Gasteiger partial charge in [0.2, 0.25) is 0 Å². The molecule has 1 heterocycles. The molecule has 1 aliphatic rings. The molecule has 1 aromatic heterocycles. The molecule has 3 rings (SSSR count). The number of amides is 1. The zero-order valence-electron chi connectivity index (χ0n) is 19.4. The Morgan fingerprint density at radius 1 is 1.24 bits per heavy atom. The lowest BCUT2D eigenvalue weighted by molar-refractivity contribution is -0.139. The summed E-state index contributed by atoms with van der Waals surface area (Å²) in [7, 11) is 0. The highest BCUT2D eigenvalue weighted by Crippen LogP contribution is 2.22. The lowest BCUT2D eigenvalue weighted by Gasteiger charge is -2.16. The number of carbonyl (C=O) groups is 2. The Kier molecular flexibility index (Phi) is 9.11. The maximum Gasteiger partial charge on any atom is 0.326 e. The van der Waals surface area contributed by atoms with Crippen LogP contribution in [0.1, 0.15) is 65.0 Å². The van der Waals surface area contributed by atoms with Crippen molar-refractivity contribution >= 4 is 17.6 Å². The van der Waals surface area contributed by atoms with Gasteiger partial charge in [0, 0.05) is 31.0 Å². The van der Waals surface area contributed by atoms with Crippen LogP contribution in [-0.2, 0) is 28.8 Å². The predicted octanol–water partition coefficient (Wildman–Crippen LogP) is 4.57. The molecule has 0 fully saturated rings. The summed E-state index contributed by atoms with van der Waals surface area (Å²) >= 11 is 0. The van der Waals surface area contributed by atoms with Gasteiger partial charge in [-0.25, -0.2) is 14.0 Å². The molecule has 0 saturated carbocycles. The minimum absolute atomic E-state index is 0.0637. The number of carboxylic acid groups (broad SMARTS) is 1. The van der Waals surface area contributed by atoms with E-state index in [-0.39, 0.29) is 29.8 Å². The summed E-state index contributed by atoms with van der Waals surface area (Å²) < 4.78 is 19.8. The zero-order valence-corrected chi connectivity index (χ0v) is 19.4. The van der Waals surface area contributed by atoms with Crippen LogP contribution in [0.4, 0.5) is 10.1 Å². The van der Waals surface area contributed by atoms with Gasteiger partial charge in [0.25, 0.3) is 5.91 Å². The van der Waals surface area contributed by atoms with Crippen LogP contribution in [0.2, 0.25) is 0 Å². The van der Waals surface area contributed by atoms with Gasteiger partial charge >= 0.3 is 5.97 Å². The summed E-state index contributed by atoms with van der Waals surface area (Å²) in [6, 6.07) is 5.45. The Balaban J connectivity index is 1.39. The monoisotopic (exact) mass is 467 g/mol. The van der Waals surface area contributed by atoms with Crippen molar-refractivity contribution in [2.24, 2.45) is 0 Å². The smallest absolute Gasteiger partial charge is 0.326 e. The van der Waals surface area contributed by atoms with Crippen LogP contribution in [-0.4, -0.2) is 41.2 Å². The number of carbonyl (C=O) groups excluding carboxylic acids is 1. The molecule has 1 atom stereocenters. The van der Waals surface area contributed by atoms with Gasteiger partial charge in [-0.1, -0.05) is 12.1 Å². The average molecular weight is 468 g/mol. The number of pyridine rings is 1. The molecule has 1 amide bonds. The highest BCUT2D eigenvalue weighted by molar-refractivity contribution is 5.98. The first kappa shape index (κ1) is 25.3. The summed E-state index contributed by atoms with van der Waals surface area (Å²) in [5, 5.41) is 11.8. The third-order valence-corrected chi connectivity index (χ3v) is 5.99. The van der Waals surface area contributed by atoms with E-state index in [2.05, 4.69) is 22.3 Å². The standard InChI is InChI=1S/C26H30FN3O4/c1-17-15-20(28-2)16-21(27)24(17)25(31)30-23(26(32)33)12-14-34-13-6-5-8-19-11-10-18-7-3-4-9-22(18)29-19/h10-11,15-16,23H,3-9,12-14H2,1H3,(H,30,31)(H,32,33). The molecule has 180 valence electrons. The van der Waals surface area contributed by atoms with E-state index in [4.69, 9.17) is 16.3 Å². The number of ether oxygens (including phenoxy) is 1. The minimum Gasteiger partial charge on any atom is -0.480 e. The average Bonchev–Trinajstić information content (AvgIpc) is 2.81. The molecule has 2 aromatic rings. The van der Waals surface area contributed by atoms with E-state index in [0.29, 0.717) is 6.61 Å². The molecule has 1 aromatic carbocycles. The van der Waals surface area contributed by atoms with Gasteiger partial charge < -0.3 is 15.2 Å². The van der Waals surface area contributed by atoms with Gasteiger partial charge in [-0.05, 0) is 75.1 Å². The Labute approximate surface area is 199 Å². The number of benzene rings is 1. The Morgan fingerprint density at radius 3 is 2.76 bits per heavy atom. The molecule has 0 spiro atoms. The molecule has 0 radical (unpaired) electrons. The molecular weight excluding hydrogens is 437 g/mol. The first-order valence-corrected chi connectivity index (χ1v) is 11.7. The fourth-order valence-corrected chi connectivity index (χ4v) is 4.15. The topological polar surface area (TPSA) is 92.9 Å². The predicted molar refractivity (Wildman–Crippen MR) is 126 cm³/mol. The van der Waals surface area contributed by atoms with E-state index in [1.54, 1.807) is 0 Å². The lowest BCUT2D eigenvalue weighted by atomic mass is 9.95. The largest absolute Gasteiger partial charge is 0.480 e. The van der Waals surface area contributed by atoms with E-state index in [1.807, 2.05) is 0 Å². The summed E-state index contributed by atoms with van der Waals surface area (Å²) in [6.45, 7) is 9.11. The van der Waals surface area contributed by atoms with Crippen molar-refractivity contribution in [3.8, 4) is 0 Å². The highest BCUT2D eigenvalue weighted by atomic mass is 19.1. The van der Waals surface area contributed by atoms with Crippen LogP contribution in [0.5, 0.6) is 0 Å². The zero-order chi connectivity index (χ0) is 24.5. The number of nitrogens with one attached hydrogen (secondary N) is 1. The molecular formula is C26H30FN3O4. The van der Waals surface area contributed by atoms with Gasteiger partial charge in [-0.15, -0.1) is 0 Å². The maximum absolute atomic E-state index is 14.2. The summed E-state index contributed by atoms with van der Waals surface area (Å²) in [5.74, 6) is -2.89. The number of aryl methyl sites for hydroxylation is 4. The Bertz CT molecular complexity index is 1060. The summed E-state index contributed by atoms with van der Waals surface area (Å²) in [6.07, 6.45) is 7.31. The van der Waals surface area contributed by atoms with Crippen LogP contribution >= 0.6 is 0 Å². The molecule has 7 nitrogen and oxygen atoms in total. The van der Waals surface area contributed by atoms with Crippen molar-refractivity contribution < 1.29 is 23.8 Å². The normalized spacial score (nSPS) is 13.6. The summed E-state index contributed by atoms with van der Waals surface area (Å²) in [4.78, 5) is 31.9. The van der Waals surface area contributed by atoms with Gasteiger partial charge in [-0.3, -0.25) is 9.78 Å². The molecule has 0 aliphatic heterocycles. The molecule has 8 heteroatoms. The second-order valence-electron chi connectivity index (χ2n) is 8.57. The second kappa shape index (κ2) is 12.2. The van der Waals surface area contributed by atoms with E-state index in [1.165, 1.54) is 37.1 Å². The maximum atomic E-state index is 14.2. The molecule has 2 N–H and O–H groups in total. The molecule has 0 saturated heterocycles. The summed E-state index contributed by atoms with van der Waals surface area (Å²) in [5.41, 5.74) is 3.81. The second-order valence-corrected chi connectivity index (χ2v) is 8.57. The number of rotatable bonds is 11. The van der Waals surface area contributed by atoms with Gasteiger partial charge in [0.05, 0.1) is 12.1 Å². The number of nitrogens with zero attached hydrogens (tertiary/aromatic N) is 2. The minimum atomic E-state index is -1.22. The van der Waals surface area contributed by atoms with Crippen molar-refractivity contribution in [3.05, 3.63) is 69.6 Å². The van der Waals surface area contributed by atoms with Gasteiger partial charge in [0.1, 0.15) is 11.9 Å². The third kappa shape index (κ3) is 6.84. The number of unbranched alkanes of at least 4 members (excludes halogenated alkanes) is 1. The fourth-order valence-electron chi connectivity index (χ4n) is 4.15. The highest BCUT2D eigenvalue weighted by Gasteiger charge is 2.23. The van der Waals surface area contributed by atoms with Crippen LogP contribution in [0.3, 0.4) is 0 Å². The van der Waals surface area contributed by atoms with Gasteiger partial charge in [0.15, 0.2) is 5.69 Å². The van der Waals surface area contributed by atoms with Crippen molar-refractivity contribution in [3.63, 3.8) is 0 Å². The third-order valence-electron chi connectivity index (χ3n) is 5.99. The van der Waals surface area contributed by atoms with E-state index >= 15 is 0 Å². The van der Waals surface area contributed by atoms with Crippen molar-refractivity contribution in [1.82, 2.24) is 10.3 Å². The number of halogens is 1. The first-order chi connectivity index (χ1) is 16.4.